The van der Waals surface area contributed by atoms with Gasteiger partial charge in [0.05, 0.1) is 16.9 Å². The van der Waals surface area contributed by atoms with Gasteiger partial charge in [-0.2, -0.15) is 0 Å². The van der Waals surface area contributed by atoms with Crippen LogP contribution in [0.4, 0.5) is 0 Å². The van der Waals surface area contributed by atoms with Crippen molar-refractivity contribution in [2.45, 2.75) is 39.6 Å². The lowest BCUT2D eigenvalue weighted by Crippen LogP contribution is -2.22. The highest BCUT2D eigenvalue weighted by Gasteiger charge is 2.25. The summed E-state index contributed by atoms with van der Waals surface area (Å²) in [5.41, 5.74) is 2.15. The molecule has 0 amide bonds. The highest BCUT2D eigenvalue weighted by Crippen LogP contribution is 2.34. The molecule has 2 rings (SSSR count). The molecule has 1 aromatic carbocycles. The van der Waals surface area contributed by atoms with Crippen LogP contribution in [-0.2, 0) is 5.88 Å². The fraction of sp³-hybridized carbons (Fsp3) is 0.500. The maximum absolute atomic E-state index is 6.02. The predicted molar refractivity (Wildman–Crippen MR) is 78.5 cm³/mol. The fourth-order valence-electron chi connectivity index (χ4n) is 2.04. The largest absolute Gasteiger partial charge is 0.324 e. The van der Waals surface area contributed by atoms with E-state index in [-0.39, 0.29) is 5.41 Å². The van der Waals surface area contributed by atoms with E-state index in [0.29, 0.717) is 16.9 Å². The van der Waals surface area contributed by atoms with Gasteiger partial charge in [-0.1, -0.05) is 32.4 Å². The van der Waals surface area contributed by atoms with Gasteiger partial charge in [-0.15, -0.1) is 11.6 Å². The Bertz CT molecular complexity index is 567. The topological polar surface area (TPSA) is 17.8 Å². The molecule has 1 heterocycles. The lowest BCUT2D eigenvalue weighted by atomic mass is 9.87. The molecule has 0 bridgehead atoms. The maximum atomic E-state index is 6.02. The van der Waals surface area contributed by atoms with Gasteiger partial charge in [0.1, 0.15) is 5.82 Å². The number of alkyl halides is 1. The van der Waals surface area contributed by atoms with Crippen LogP contribution in [0.25, 0.3) is 11.0 Å². The van der Waals surface area contributed by atoms with Crippen molar-refractivity contribution in [3.8, 4) is 0 Å². The molecule has 0 fully saturated rings. The zero-order chi connectivity index (χ0) is 13.5. The second-order valence-corrected chi connectivity index (χ2v) is 6.41. The van der Waals surface area contributed by atoms with Crippen LogP contribution in [0.5, 0.6) is 0 Å². The summed E-state index contributed by atoms with van der Waals surface area (Å²) >= 11 is 12.0. The Morgan fingerprint density at radius 3 is 2.56 bits per heavy atom. The minimum Gasteiger partial charge on any atom is -0.324 e. The molecular formula is C14H18Cl2N2. The van der Waals surface area contributed by atoms with E-state index in [4.69, 9.17) is 23.2 Å². The number of hydrogen-bond acceptors (Lipinski definition) is 1. The number of aromatic nitrogens is 2. The molecule has 0 radical (unpaired) electrons. The van der Waals surface area contributed by atoms with Gasteiger partial charge < -0.3 is 4.57 Å². The van der Waals surface area contributed by atoms with Crippen LogP contribution in [0.15, 0.2) is 18.2 Å². The predicted octanol–water partition coefficient (Wildman–Crippen LogP) is 5.04. The van der Waals surface area contributed by atoms with E-state index in [9.17, 15) is 0 Å². The van der Waals surface area contributed by atoms with Crippen molar-refractivity contribution in [2.24, 2.45) is 5.41 Å². The van der Waals surface area contributed by atoms with Crippen LogP contribution in [0, 0.1) is 5.41 Å². The Labute approximate surface area is 118 Å². The summed E-state index contributed by atoms with van der Waals surface area (Å²) in [5.74, 6) is 1.31. The fourth-order valence-corrected chi connectivity index (χ4v) is 2.39. The van der Waals surface area contributed by atoms with Crippen molar-refractivity contribution >= 4 is 34.2 Å². The van der Waals surface area contributed by atoms with Crippen molar-refractivity contribution in [1.29, 1.82) is 0 Å². The van der Waals surface area contributed by atoms with Crippen molar-refractivity contribution in [3.63, 3.8) is 0 Å². The number of hydrogen-bond donors (Lipinski definition) is 0. The highest BCUT2D eigenvalue weighted by atomic mass is 35.5. The molecule has 0 aliphatic heterocycles. The smallest absolute Gasteiger partial charge is 0.125 e. The van der Waals surface area contributed by atoms with Crippen molar-refractivity contribution in [2.75, 3.05) is 0 Å². The van der Waals surface area contributed by atoms with E-state index in [0.717, 1.165) is 16.9 Å². The third-order valence-electron chi connectivity index (χ3n) is 3.48. The molecule has 2 aromatic rings. The summed E-state index contributed by atoms with van der Waals surface area (Å²) in [6.07, 6.45) is 0. The van der Waals surface area contributed by atoms with Gasteiger partial charge in [0.25, 0.3) is 0 Å². The van der Waals surface area contributed by atoms with Gasteiger partial charge in [0, 0.05) is 11.1 Å². The number of benzene rings is 1. The van der Waals surface area contributed by atoms with Crippen molar-refractivity contribution in [1.82, 2.24) is 9.55 Å². The Kier molecular flexibility index (Phi) is 3.61. The lowest BCUT2D eigenvalue weighted by Gasteiger charge is -2.30. The molecular weight excluding hydrogens is 267 g/mol. The standard InChI is InChI=1S/C14H18Cl2N2/c1-9(14(2,3)4)18-12-6-5-10(16)7-11(12)17-13(18)8-15/h5-7,9H,8H2,1-4H3. The van der Waals surface area contributed by atoms with E-state index in [2.05, 4.69) is 37.2 Å². The van der Waals surface area contributed by atoms with Gasteiger partial charge in [-0.3, -0.25) is 0 Å². The second-order valence-electron chi connectivity index (χ2n) is 5.71. The first-order valence-corrected chi connectivity index (χ1v) is 6.98. The van der Waals surface area contributed by atoms with Crippen LogP contribution in [0.2, 0.25) is 5.02 Å². The quantitative estimate of drug-likeness (QED) is 0.707. The number of halogens is 2. The van der Waals surface area contributed by atoms with Gasteiger partial charge in [0.15, 0.2) is 0 Å². The number of rotatable bonds is 2. The third kappa shape index (κ3) is 2.36. The summed E-state index contributed by atoms with van der Waals surface area (Å²) in [6.45, 7) is 8.86. The molecule has 0 spiro atoms. The number of fused-ring (bicyclic) bond motifs is 1. The summed E-state index contributed by atoms with van der Waals surface area (Å²) in [4.78, 5) is 4.57. The zero-order valence-corrected chi connectivity index (χ0v) is 12.7. The van der Waals surface area contributed by atoms with E-state index in [1.54, 1.807) is 0 Å². The van der Waals surface area contributed by atoms with E-state index in [1.165, 1.54) is 0 Å². The normalized spacial score (nSPS) is 14.1. The molecule has 18 heavy (non-hydrogen) atoms. The van der Waals surface area contributed by atoms with E-state index in [1.807, 2.05) is 18.2 Å². The minimum absolute atomic E-state index is 0.147. The SMILES string of the molecule is CC(n1c(CCl)nc2cc(Cl)ccc21)C(C)(C)C. The molecule has 0 aliphatic rings. The van der Waals surface area contributed by atoms with E-state index >= 15 is 0 Å². The van der Waals surface area contributed by atoms with Crippen molar-refractivity contribution in [3.05, 3.63) is 29.0 Å². The maximum Gasteiger partial charge on any atom is 0.125 e. The first kappa shape index (κ1) is 13.7. The van der Waals surface area contributed by atoms with Crippen LogP contribution in [-0.4, -0.2) is 9.55 Å². The van der Waals surface area contributed by atoms with Crippen LogP contribution in [0.3, 0.4) is 0 Å². The molecule has 0 saturated carbocycles. The molecule has 1 aromatic heterocycles. The zero-order valence-electron chi connectivity index (χ0n) is 11.2. The molecule has 1 unspecified atom stereocenters. The molecule has 4 heteroatoms. The Morgan fingerprint density at radius 2 is 2.00 bits per heavy atom. The molecule has 1 atom stereocenters. The molecule has 0 aliphatic carbocycles. The van der Waals surface area contributed by atoms with Gasteiger partial charge in [-0.05, 0) is 30.5 Å². The molecule has 0 saturated heterocycles. The van der Waals surface area contributed by atoms with Crippen LogP contribution < -0.4 is 0 Å². The Balaban J connectivity index is 2.68. The third-order valence-corrected chi connectivity index (χ3v) is 3.96. The number of imidazole rings is 1. The summed E-state index contributed by atoms with van der Waals surface area (Å²) in [7, 11) is 0. The molecule has 2 nitrogen and oxygen atoms in total. The van der Waals surface area contributed by atoms with Gasteiger partial charge in [-0.25, -0.2) is 4.98 Å². The Morgan fingerprint density at radius 1 is 1.33 bits per heavy atom. The van der Waals surface area contributed by atoms with Gasteiger partial charge in [0.2, 0.25) is 0 Å². The average molecular weight is 285 g/mol. The second kappa shape index (κ2) is 4.75. The Hall–Kier alpha value is -0.730. The molecule has 98 valence electrons. The van der Waals surface area contributed by atoms with E-state index < -0.39 is 0 Å². The van der Waals surface area contributed by atoms with Crippen LogP contribution >= 0.6 is 23.2 Å². The average Bonchev–Trinajstić information content (AvgIpc) is 2.63. The summed E-state index contributed by atoms with van der Waals surface area (Å²) in [6, 6.07) is 6.12. The van der Waals surface area contributed by atoms with Gasteiger partial charge >= 0.3 is 0 Å². The summed E-state index contributed by atoms with van der Waals surface area (Å²) in [5, 5.41) is 0.705. The molecule has 0 N–H and O–H groups in total. The highest BCUT2D eigenvalue weighted by molar-refractivity contribution is 6.31. The first-order chi connectivity index (χ1) is 8.34. The van der Waals surface area contributed by atoms with Crippen LogP contribution in [0.1, 0.15) is 39.6 Å². The summed E-state index contributed by atoms with van der Waals surface area (Å²) < 4.78 is 2.22. The first-order valence-electron chi connectivity index (χ1n) is 6.07. The van der Waals surface area contributed by atoms with Crippen molar-refractivity contribution < 1.29 is 0 Å². The minimum atomic E-state index is 0.147. The lowest BCUT2D eigenvalue weighted by molar-refractivity contribution is 0.264. The number of nitrogens with zero attached hydrogens (tertiary/aromatic N) is 2. The monoisotopic (exact) mass is 284 g/mol.